The molecule has 0 radical (unpaired) electrons. The summed E-state index contributed by atoms with van der Waals surface area (Å²) in [5.41, 5.74) is 5.05. The van der Waals surface area contributed by atoms with Gasteiger partial charge in [-0.1, -0.05) is 55.5 Å². The highest BCUT2D eigenvalue weighted by molar-refractivity contribution is 8.03. The molecule has 0 saturated carbocycles. The average Bonchev–Trinajstić information content (AvgIpc) is 2.50. The first-order chi connectivity index (χ1) is 11.8. The van der Waals surface area contributed by atoms with Gasteiger partial charge in [-0.3, -0.25) is 4.79 Å². The molecule has 0 unspecified atom stereocenters. The quantitative estimate of drug-likeness (QED) is 0.641. The van der Waals surface area contributed by atoms with Gasteiger partial charge in [0, 0.05) is 9.80 Å². The van der Waals surface area contributed by atoms with E-state index in [-0.39, 0.29) is 6.42 Å². The predicted octanol–water partition coefficient (Wildman–Crippen LogP) is 6.39. The van der Waals surface area contributed by atoms with Gasteiger partial charge in [-0.25, -0.2) is 0 Å². The number of rotatable bonds is 6. The Morgan fingerprint density at radius 2 is 1.88 bits per heavy atom. The lowest BCUT2D eigenvalue weighted by Gasteiger charge is -2.22. The van der Waals surface area contributed by atoms with Crippen LogP contribution in [-0.2, 0) is 11.2 Å². The second kappa shape index (κ2) is 9.10. The molecule has 2 rings (SSSR count). The molecule has 0 atom stereocenters. The van der Waals surface area contributed by atoms with Crippen LogP contribution < -0.4 is 0 Å². The van der Waals surface area contributed by atoms with Crippen molar-refractivity contribution in [1.82, 2.24) is 0 Å². The van der Waals surface area contributed by atoms with Crippen molar-refractivity contribution in [3.8, 4) is 0 Å². The van der Waals surface area contributed by atoms with E-state index in [1.807, 2.05) is 36.0 Å². The standard InChI is InChI=1S/C22H28O2S/c1-15(2)12-18-6-5-7-19(13-16(3)4)22(18)25-20-10-8-17(9-11-20)14-21(23)24/h8-13,15H,5-7,14H2,1-4H3,(H,23,24)/b18-12+. The molecule has 0 fully saturated rings. The number of thioether (sulfide) groups is 1. The lowest BCUT2D eigenvalue weighted by atomic mass is 9.92. The van der Waals surface area contributed by atoms with Crippen LogP contribution in [0, 0.1) is 5.92 Å². The van der Waals surface area contributed by atoms with E-state index in [1.165, 1.54) is 32.9 Å². The minimum atomic E-state index is -0.789. The molecule has 2 nitrogen and oxygen atoms in total. The number of hydrogen-bond donors (Lipinski definition) is 1. The van der Waals surface area contributed by atoms with Gasteiger partial charge in [-0.2, -0.15) is 0 Å². The molecule has 1 N–H and O–H groups in total. The van der Waals surface area contributed by atoms with Gasteiger partial charge in [0.15, 0.2) is 0 Å². The number of hydrogen-bond acceptors (Lipinski definition) is 2. The summed E-state index contributed by atoms with van der Waals surface area (Å²) in [6, 6.07) is 7.92. The number of carboxylic acids is 1. The highest BCUT2D eigenvalue weighted by atomic mass is 32.2. The van der Waals surface area contributed by atoms with Crippen molar-refractivity contribution >= 4 is 17.7 Å². The summed E-state index contributed by atoms with van der Waals surface area (Å²) in [4.78, 5) is 13.4. The molecule has 0 aromatic heterocycles. The molecule has 1 aromatic carbocycles. The maximum absolute atomic E-state index is 10.8. The van der Waals surface area contributed by atoms with Crippen molar-refractivity contribution in [3.05, 3.63) is 63.6 Å². The SMILES string of the molecule is CC(C)=CC1=C(Sc2ccc(CC(=O)O)cc2)/C(=C/C(C)C)CCC1. The van der Waals surface area contributed by atoms with E-state index in [2.05, 4.69) is 39.8 Å². The van der Waals surface area contributed by atoms with Crippen LogP contribution in [0.4, 0.5) is 0 Å². The number of benzene rings is 1. The van der Waals surface area contributed by atoms with Gasteiger partial charge in [0.05, 0.1) is 6.42 Å². The Balaban J connectivity index is 2.33. The lowest BCUT2D eigenvalue weighted by Crippen LogP contribution is -2.02. The van der Waals surface area contributed by atoms with Crippen LogP contribution in [0.3, 0.4) is 0 Å². The minimum absolute atomic E-state index is 0.0785. The fourth-order valence-electron chi connectivity index (χ4n) is 3.05. The van der Waals surface area contributed by atoms with Gasteiger partial charge in [-0.05, 0) is 67.9 Å². The third kappa shape index (κ3) is 6.24. The summed E-state index contributed by atoms with van der Waals surface area (Å²) in [5.74, 6) is -0.252. The van der Waals surface area contributed by atoms with Gasteiger partial charge < -0.3 is 5.11 Å². The Morgan fingerprint density at radius 3 is 2.44 bits per heavy atom. The van der Waals surface area contributed by atoms with E-state index in [0.29, 0.717) is 5.92 Å². The first kappa shape index (κ1) is 19.6. The van der Waals surface area contributed by atoms with Gasteiger partial charge in [0.2, 0.25) is 0 Å². The lowest BCUT2D eigenvalue weighted by molar-refractivity contribution is -0.136. The van der Waals surface area contributed by atoms with Gasteiger partial charge in [0.1, 0.15) is 0 Å². The van der Waals surface area contributed by atoms with Crippen LogP contribution in [0.1, 0.15) is 52.5 Å². The zero-order valence-electron chi connectivity index (χ0n) is 15.6. The fourth-order valence-corrected chi connectivity index (χ4v) is 4.15. The molecule has 0 saturated heterocycles. The highest BCUT2D eigenvalue weighted by Crippen LogP contribution is 2.42. The maximum Gasteiger partial charge on any atom is 0.307 e. The molecule has 3 heteroatoms. The summed E-state index contributed by atoms with van der Waals surface area (Å²) in [5, 5.41) is 8.91. The zero-order chi connectivity index (χ0) is 18.4. The van der Waals surface area contributed by atoms with Crippen LogP contribution in [0.5, 0.6) is 0 Å². The van der Waals surface area contributed by atoms with Crippen LogP contribution >= 0.6 is 11.8 Å². The number of allylic oxidation sites excluding steroid dienone is 5. The second-order valence-electron chi connectivity index (χ2n) is 7.18. The number of carbonyl (C=O) groups is 1. The maximum atomic E-state index is 10.8. The van der Waals surface area contributed by atoms with Gasteiger partial charge in [0.25, 0.3) is 0 Å². The van der Waals surface area contributed by atoms with Crippen molar-refractivity contribution in [2.75, 3.05) is 0 Å². The highest BCUT2D eigenvalue weighted by Gasteiger charge is 2.18. The van der Waals surface area contributed by atoms with Crippen molar-refractivity contribution in [3.63, 3.8) is 0 Å². The van der Waals surface area contributed by atoms with Gasteiger partial charge in [-0.15, -0.1) is 0 Å². The molecular weight excluding hydrogens is 328 g/mol. The van der Waals surface area contributed by atoms with Crippen molar-refractivity contribution in [2.24, 2.45) is 5.92 Å². The second-order valence-corrected chi connectivity index (χ2v) is 8.27. The van der Waals surface area contributed by atoms with Crippen molar-refractivity contribution < 1.29 is 9.90 Å². The van der Waals surface area contributed by atoms with Crippen LogP contribution in [0.2, 0.25) is 0 Å². The van der Waals surface area contributed by atoms with E-state index >= 15 is 0 Å². The predicted molar refractivity (Wildman–Crippen MR) is 107 cm³/mol. The molecule has 1 aromatic rings. The minimum Gasteiger partial charge on any atom is -0.481 e. The van der Waals surface area contributed by atoms with Crippen LogP contribution in [0.15, 0.2) is 62.9 Å². The Morgan fingerprint density at radius 1 is 1.20 bits per heavy atom. The summed E-state index contributed by atoms with van der Waals surface area (Å²) < 4.78 is 0. The number of aliphatic carboxylic acids is 1. The summed E-state index contributed by atoms with van der Waals surface area (Å²) >= 11 is 1.81. The average molecular weight is 357 g/mol. The molecule has 0 amide bonds. The number of carboxylic acid groups (broad SMARTS) is 1. The van der Waals surface area contributed by atoms with Gasteiger partial charge >= 0.3 is 5.97 Å². The van der Waals surface area contributed by atoms with E-state index in [0.717, 1.165) is 18.4 Å². The Bertz CT molecular complexity index is 702. The summed E-state index contributed by atoms with van der Waals surface area (Å²) in [6.45, 7) is 8.75. The smallest absolute Gasteiger partial charge is 0.307 e. The van der Waals surface area contributed by atoms with E-state index in [4.69, 9.17) is 5.11 Å². The van der Waals surface area contributed by atoms with E-state index < -0.39 is 5.97 Å². The Labute approximate surface area is 155 Å². The third-order valence-electron chi connectivity index (χ3n) is 3.97. The summed E-state index contributed by atoms with van der Waals surface area (Å²) in [6.07, 6.45) is 8.25. The Kier molecular flexibility index (Phi) is 7.12. The molecule has 134 valence electrons. The van der Waals surface area contributed by atoms with Crippen molar-refractivity contribution in [1.29, 1.82) is 0 Å². The molecular formula is C22H28O2S. The molecule has 0 bridgehead atoms. The molecule has 1 aliphatic carbocycles. The molecule has 0 heterocycles. The monoisotopic (exact) mass is 356 g/mol. The zero-order valence-corrected chi connectivity index (χ0v) is 16.5. The fraction of sp³-hybridized carbons (Fsp3) is 0.409. The first-order valence-electron chi connectivity index (χ1n) is 8.93. The van der Waals surface area contributed by atoms with E-state index in [1.54, 1.807) is 0 Å². The third-order valence-corrected chi connectivity index (χ3v) is 5.21. The van der Waals surface area contributed by atoms with Crippen molar-refractivity contribution in [2.45, 2.75) is 58.3 Å². The van der Waals surface area contributed by atoms with E-state index in [9.17, 15) is 4.79 Å². The molecule has 0 spiro atoms. The normalized spacial score (nSPS) is 16.4. The topological polar surface area (TPSA) is 37.3 Å². The molecule has 25 heavy (non-hydrogen) atoms. The largest absolute Gasteiger partial charge is 0.481 e. The molecule has 1 aliphatic rings. The Hall–Kier alpha value is -1.74. The summed E-state index contributed by atoms with van der Waals surface area (Å²) in [7, 11) is 0. The molecule has 0 aliphatic heterocycles. The van der Waals surface area contributed by atoms with Crippen LogP contribution in [-0.4, -0.2) is 11.1 Å². The van der Waals surface area contributed by atoms with Crippen LogP contribution in [0.25, 0.3) is 0 Å². The first-order valence-corrected chi connectivity index (χ1v) is 9.74.